The van der Waals surface area contributed by atoms with Gasteiger partial charge in [0.1, 0.15) is 0 Å². The molecule has 25 heavy (non-hydrogen) atoms. The van der Waals surface area contributed by atoms with E-state index in [2.05, 4.69) is 97.6 Å². The Bertz CT molecular complexity index is 668. The third-order valence-corrected chi connectivity index (χ3v) is 8.27. The molecule has 0 radical (unpaired) electrons. The summed E-state index contributed by atoms with van der Waals surface area (Å²) in [6, 6.07) is 34.9. The van der Waals surface area contributed by atoms with Gasteiger partial charge in [-0.05, 0) is 16.7 Å². The molecule has 3 aromatic rings. The molecule has 1 nitrogen and oxygen atoms in total. The van der Waals surface area contributed by atoms with Crippen molar-refractivity contribution in [3.63, 3.8) is 0 Å². The van der Waals surface area contributed by atoms with Gasteiger partial charge in [-0.3, -0.25) is 0 Å². The van der Waals surface area contributed by atoms with E-state index in [1.54, 1.807) is 6.26 Å². The smallest absolute Gasteiger partial charge is 0.263 e. The van der Waals surface area contributed by atoms with Crippen LogP contribution in [-0.4, -0.2) is 8.32 Å². The Morgan fingerprint density at radius 2 is 0.920 bits per heavy atom. The molecule has 3 aromatic carbocycles. The summed E-state index contributed by atoms with van der Waals surface area (Å²) in [6.45, 7) is 3.88. The molecule has 0 saturated heterocycles. The van der Waals surface area contributed by atoms with Crippen LogP contribution in [0.3, 0.4) is 0 Å². The first kappa shape index (κ1) is 17.2. The molecule has 0 aromatic heterocycles. The maximum atomic E-state index is 6.34. The van der Waals surface area contributed by atoms with Crippen LogP contribution in [0.1, 0.15) is 16.7 Å². The van der Waals surface area contributed by atoms with Crippen LogP contribution in [0.25, 0.3) is 0 Å². The third-order valence-electron chi connectivity index (χ3n) is 4.44. The van der Waals surface area contributed by atoms with Crippen LogP contribution in [0.5, 0.6) is 0 Å². The largest absolute Gasteiger partial charge is 0.549 e. The zero-order valence-corrected chi connectivity index (χ0v) is 15.5. The molecular formula is C23H24OSi. The predicted octanol–water partition coefficient (Wildman–Crippen LogP) is 5.44. The van der Waals surface area contributed by atoms with Gasteiger partial charge in [-0.2, -0.15) is 0 Å². The summed E-state index contributed by atoms with van der Waals surface area (Å²) in [6.07, 6.45) is 1.65. The number of hydrogen-bond acceptors (Lipinski definition) is 1. The quantitative estimate of drug-likeness (QED) is 0.391. The van der Waals surface area contributed by atoms with Gasteiger partial charge in [0.05, 0.1) is 6.26 Å². The second-order valence-corrected chi connectivity index (χ2v) is 10.1. The third kappa shape index (κ3) is 4.94. The molecule has 0 N–H and O–H groups in total. The summed E-state index contributed by atoms with van der Waals surface area (Å²) in [7, 11) is -2.14. The number of hydrogen-bond donors (Lipinski definition) is 0. The lowest BCUT2D eigenvalue weighted by Crippen LogP contribution is -2.46. The van der Waals surface area contributed by atoms with Gasteiger partial charge in [-0.25, -0.2) is 0 Å². The minimum absolute atomic E-state index is 0.976. The lowest BCUT2D eigenvalue weighted by atomic mass is 10.2. The summed E-state index contributed by atoms with van der Waals surface area (Å²) in [5, 5.41) is 0. The molecule has 0 aliphatic heterocycles. The molecule has 3 rings (SSSR count). The Kier molecular flexibility index (Phi) is 5.86. The Morgan fingerprint density at radius 3 is 1.20 bits per heavy atom. The Hall–Kier alpha value is -2.58. The van der Waals surface area contributed by atoms with E-state index >= 15 is 0 Å². The van der Waals surface area contributed by atoms with Crippen LogP contribution in [0.4, 0.5) is 0 Å². The molecule has 0 aliphatic rings. The predicted molar refractivity (Wildman–Crippen MR) is 107 cm³/mol. The number of benzene rings is 3. The molecule has 126 valence electrons. The van der Waals surface area contributed by atoms with Gasteiger partial charge < -0.3 is 4.43 Å². The van der Waals surface area contributed by atoms with Crippen LogP contribution in [0.15, 0.2) is 104 Å². The molecule has 0 atom stereocenters. The maximum Gasteiger partial charge on any atom is 0.263 e. The van der Waals surface area contributed by atoms with Gasteiger partial charge in [0.15, 0.2) is 0 Å². The van der Waals surface area contributed by atoms with Gasteiger partial charge in [0, 0.05) is 18.1 Å². The molecule has 0 unspecified atom stereocenters. The molecule has 0 heterocycles. The molecule has 0 aliphatic carbocycles. The average molecular weight is 345 g/mol. The standard InChI is InChI=1S/C23H24OSi/c1-2-24-25(18-21-12-6-3-7-13-21,19-22-14-8-4-9-15-22)20-23-16-10-5-11-17-23/h2-17H,1,18-20H2. The first-order chi connectivity index (χ1) is 12.3. The first-order valence-corrected chi connectivity index (χ1v) is 11.2. The molecule has 0 bridgehead atoms. The normalized spacial score (nSPS) is 11.0. The van der Waals surface area contributed by atoms with E-state index in [-0.39, 0.29) is 0 Å². The molecule has 0 saturated carbocycles. The fourth-order valence-electron chi connectivity index (χ4n) is 3.39. The van der Waals surface area contributed by atoms with Gasteiger partial charge in [0.25, 0.3) is 8.32 Å². The Balaban J connectivity index is 1.95. The van der Waals surface area contributed by atoms with Crippen molar-refractivity contribution < 1.29 is 4.43 Å². The highest BCUT2D eigenvalue weighted by Gasteiger charge is 2.36. The van der Waals surface area contributed by atoms with Gasteiger partial charge in [0.2, 0.25) is 0 Å². The second kappa shape index (κ2) is 8.50. The van der Waals surface area contributed by atoms with Crippen molar-refractivity contribution >= 4 is 8.32 Å². The van der Waals surface area contributed by atoms with Crippen molar-refractivity contribution in [1.82, 2.24) is 0 Å². The Labute approximate surface area is 151 Å². The SMILES string of the molecule is C=CO[Si](Cc1ccccc1)(Cc1ccccc1)Cc1ccccc1. The van der Waals surface area contributed by atoms with E-state index in [9.17, 15) is 0 Å². The van der Waals surface area contributed by atoms with Crippen LogP contribution >= 0.6 is 0 Å². The van der Waals surface area contributed by atoms with Crippen LogP contribution in [0, 0.1) is 0 Å². The van der Waals surface area contributed by atoms with Gasteiger partial charge in [-0.15, -0.1) is 0 Å². The summed E-state index contributed by atoms with van der Waals surface area (Å²) in [5.41, 5.74) is 4.01. The summed E-state index contributed by atoms with van der Waals surface area (Å²) >= 11 is 0. The van der Waals surface area contributed by atoms with Crippen molar-refractivity contribution in [3.05, 3.63) is 121 Å². The summed E-state index contributed by atoms with van der Waals surface area (Å²) < 4.78 is 6.34. The lowest BCUT2D eigenvalue weighted by Gasteiger charge is -2.31. The molecule has 2 heteroatoms. The number of rotatable bonds is 8. The minimum atomic E-state index is -2.14. The van der Waals surface area contributed by atoms with Crippen LogP contribution in [0.2, 0.25) is 0 Å². The van der Waals surface area contributed by atoms with Crippen molar-refractivity contribution in [3.8, 4) is 0 Å². The summed E-state index contributed by atoms with van der Waals surface area (Å²) in [4.78, 5) is 0. The fraction of sp³-hybridized carbons (Fsp3) is 0.130. The van der Waals surface area contributed by atoms with Crippen LogP contribution < -0.4 is 0 Å². The highest BCUT2D eigenvalue weighted by molar-refractivity contribution is 6.72. The van der Waals surface area contributed by atoms with E-state index in [0.717, 1.165) is 18.1 Å². The van der Waals surface area contributed by atoms with E-state index < -0.39 is 8.32 Å². The van der Waals surface area contributed by atoms with Crippen molar-refractivity contribution in [2.75, 3.05) is 0 Å². The van der Waals surface area contributed by atoms with Gasteiger partial charge in [-0.1, -0.05) is 97.6 Å². The van der Waals surface area contributed by atoms with Crippen molar-refractivity contribution in [2.45, 2.75) is 18.1 Å². The highest BCUT2D eigenvalue weighted by Crippen LogP contribution is 2.24. The molecular weight excluding hydrogens is 320 g/mol. The average Bonchev–Trinajstić information content (AvgIpc) is 2.64. The fourth-order valence-corrected chi connectivity index (χ4v) is 7.31. The first-order valence-electron chi connectivity index (χ1n) is 8.70. The van der Waals surface area contributed by atoms with E-state index in [0.29, 0.717) is 0 Å². The van der Waals surface area contributed by atoms with Crippen LogP contribution in [-0.2, 0) is 22.6 Å². The van der Waals surface area contributed by atoms with E-state index in [1.807, 2.05) is 0 Å². The van der Waals surface area contributed by atoms with Crippen molar-refractivity contribution in [1.29, 1.82) is 0 Å². The van der Waals surface area contributed by atoms with E-state index in [1.165, 1.54) is 16.7 Å². The zero-order chi connectivity index (χ0) is 17.4. The zero-order valence-electron chi connectivity index (χ0n) is 14.5. The molecule has 0 fully saturated rings. The topological polar surface area (TPSA) is 9.23 Å². The van der Waals surface area contributed by atoms with Gasteiger partial charge >= 0.3 is 0 Å². The van der Waals surface area contributed by atoms with E-state index in [4.69, 9.17) is 4.43 Å². The molecule has 0 spiro atoms. The Morgan fingerprint density at radius 1 is 0.600 bits per heavy atom. The van der Waals surface area contributed by atoms with Crippen molar-refractivity contribution in [2.24, 2.45) is 0 Å². The molecule has 0 amide bonds. The monoisotopic (exact) mass is 344 g/mol. The lowest BCUT2D eigenvalue weighted by molar-refractivity contribution is 0.453. The highest BCUT2D eigenvalue weighted by atomic mass is 28.4. The maximum absolute atomic E-state index is 6.34. The second-order valence-electron chi connectivity index (χ2n) is 6.45. The summed E-state index contributed by atoms with van der Waals surface area (Å²) in [5.74, 6) is 0. The minimum Gasteiger partial charge on any atom is -0.549 e.